The zero-order chi connectivity index (χ0) is 35.3. The number of likely N-dealkylation sites (tertiary alicyclic amines) is 1. The van der Waals surface area contributed by atoms with E-state index < -0.39 is 34.4 Å². The van der Waals surface area contributed by atoms with Crippen molar-refractivity contribution in [1.29, 1.82) is 0 Å². The number of rotatable bonds is 16. The average Bonchev–Trinajstić information content (AvgIpc) is 3.91. The summed E-state index contributed by atoms with van der Waals surface area (Å²) in [5, 5.41) is 14.5. The SMILES string of the molecule is CC(C)CN(C[C@@H](O)[C@H](Cc1ccccc1)NC(=O)O[C@H]1CO[C@H]2OCC[C@H]21)S(=O)(=O)c1ccc2nc(N(C)CCCN3CCCC3)oc2c1. The number of oxazole rings is 1. The molecular weight excluding hydrogens is 662 g/mol. The molecule has 14 heteroatoms. The largest absolute Gasteiger partial charge is 0.443 e. The number of sulfonamides is 1. The molecule has 3 fully saturated rings. The second-order valence-electron chi connectivity index (χ2n) is 14.1. The zero-order valence-electron chi connectivity index (χ0n) is 29.3. The van der Waals surface area contributed by atoms with Crippen LogP contribution in [0.1, 0.15) is 45.1 Å². The molecular formula is C36H51N5O8S. The Morgan fingerprint density at radius 1 is 1.12 bits per heavy atom. The maximum atomic E-state index is 14.2. The summed E-state index contributed by atoms with van der Waals surface area (Å²) in [5.41, 5.74) is 1.81. The summed E-state index contributed by atoms with van der Waals surface area (Å²) in [6, 6.07) is 13.7. The van der Waals surface area contributed by atoms with E-state index in [0.29, 0.717) is 23.7 Å². The van der Waals surface area contributed by atoms with Crippen molar-refractivity contribution in [3.05, 3.63) is 54.1 Å². The molecule has 3 aliphatic rings. The Bertz CT molecular complexity index is 1670. The molecule has 274 valence electrons. The molecule has 1 aromatic heterocycles. The summed E-state index contributed by atoms with van der Waals surface area (Å²) in [5.74, 6) is -0.0795. The van der Waals surface area contributed by atoms with Crippen LogP contribution in [-0.4, -0.2) is 118 Å². The third-order valence-corrected chi connectivity index (χ3v) is 11.6. The van der Waals surface area contributed by atoms with Crippen LogP contribution >= 0.6 is 0 Å². The van der Waals surface area contributed by atoms with Gasteiger partial charge in [0.25, 0.3) is 6.01 Å². The Morgan fingerprint density at radius 3 is 2.66 bits per heavy atom. The van der Waals surface area contributed by atoms with E-state index in [1.165, 1.54) is 29.3 Å². The van der Waals surface area contributed by atoms with Crippen LogP contribution in [0.25, 0.3) is 11.1 Å². The van der Waals surface area contributed by atoms with Gasteiger partial charge in [-0.15, -0.1) is 0 Å². The number of aromatic nitrogens is 1. The number of hydrogen-bond donors (Lipinski definition) is 2. The lowest BCUT2D eigenvalue weighted by atomic mass is 10.0. The molecule has 0 bridgehead atoms. The number of benzene rings is 2. The average molecular weight is 714 g/mol. The quantitative estimate of drug-likeness (QED) is 0.223. The van der Waals surface area contributed by atoms with Crippen LogP contribution in [0.4, 0.5) is 10.8 Å². The van der Waals surface area contributed by atoms with Crippen LogP contribution in [0.5, 0.6) is 0 Å². The summed E-state index contributed by atoms with van der Waals surface area (Å²) in [6.45, 7) is 8.63. The second kappa shape index (κ2) is 16.4. The van der Waals surface area contributed by atoms with E-state index in [9.17, 15) is 18.3 Å². The molecule has 2 aromatic carbocycles. The van der Waals surface area contributed by atoms with Gasteiger partial charge in [0.15, 0.2) is 11.9 Å². The van der Waals surface area contributed by atoms with Gasteiger partial charge in [0.05, 0.1) is 36.2 Å². The lowest BCUT2D eigenvalue weighted by molar-refractivity contribution is -0.0907. The number of aliphatic hydroxyl groups is 1. The first kappa shape index (κ1) is 36.5. The first-order valence-corrected chi connectivity index (χ1v) is 19.3. The predicted molar refractivity (Wildman–Crippen MR) is 188 cm³/mol. The van der Waals surface area contributed by atoms with Gasteiger partial charge < -0.3 is 38.9 Å². The Kier molecular flexibility index (Phi) is 12.0. The number of amides is 1. The monoisotopic (exact) mass is 713 g/mol. The van der Waals surface area contributed by atoms with Gasteiger partial charge in [-0.25, -0.2) is 13.2 Å². The van der Waals surface area contributed by atoms with Crippen molar-refractivity contribution in [1.82, 2.24) is 19.5 Å². The van der Waals surface area contributed by atoms with Crippen molar-refractivity contribution in [2.45, 2.75) is 75.4 Å². The molecule has 0 saturated carbocycles. The summed E-state index contributed by atoms with van der Waals surface area (Å²) in [4.78, 5) is 22.2. The maximum absolute atomic E-state index is 14.2. The number of anilines is 1. The first-order chi connectivity index (χ1) is 24.1. The van der Waals surface area contributed by atoms with Gasteiger partial charge in [-0.1, -0.05) is 44.2 Å². The van der Waals surface area contributed by atoms with Gasteiger partial charge in [-0.3, -0.25) is 0 Å². The summed E-state index contributed by atoms with van der Waals surface area (Å²) in [6.07, 6.45) is 1.70. The number of aliphatic hydroxyl groups excluding tert-OH is 1. The van der Waals surface area contributed by atoms with E-state index in [1.54, 1.807) is 6.07 Å². The standard InChI is InChI=1S/C36H51N5O8S/c1-25(2)22-41(50(44,45)27-12-13-29-32(21-27)48-35(37-29)39(3)15-9-18-40-16-7-8-17-40)23-31(42)30(20-26-10-5-4-6-11-26)38-36(43)49-33-24-47-34-28(33)14-19-46-34/h4-6,10-13,21,25,28,30-31,33-34,42H,7-9,14-20,22-24H2,1-3H3,(H,38,43)/t28-,30-,31+,33-,34+/m0/s1. The van der Waals surface area contributed by atoms with Crippen LogP contribution < -0.4 is 10.2 Å². The molecule has 0 unspecified atom stereocenters. The third kappa shape index (κ3) is 8.96. The first-order valence-electron chi connectivity index (χ1n) is 17.8. The van der Waals surface area contributed by atoms with Gasteiger partial charge >= 0.3 is 6.09 Å². The van der Waals surface area contributed by atoms with E-state index >= 15 is 0 Å². The number of carbonyl (C=O) groups excluding carboxylic acids is 1. The summed E-state index contributed by atoms with van der Waals surface area (Å²) >= 11 is 0. The maximum Gasteiger partial charge on any atom is 0.407 e. The van der Waals surface area contributed by atoms with E-state index in [2.05, 4.69) is 15.2 Å². The summed E-state index contributed by atoms with van der Waals surface area (Å²) in [7, 11) is -2.16. The number of fused-ring (bicyclic) bond motifs is 2. The van der Waals surface area contributed by atoms with Gasteiger partial charge in [-0.2, -0.15) is 9.29 Å². The number of nitrogens with one attached hydrogen (secondary N) is 1. The highest BCUT2D eigenvalue weighted by Gasteiger charge is 2.44. The minimum Gasteiger partial charge on any atom is -0.443 e. The van der Waals surface area contributed by atoms with Crippen molar-refractivity contribution in [2.75, 3.05) is 64.4 Å². The van der Waals surface area contributed by atoms with E-state index in [-0.39, 0.29) is 49.1 Å². The molecule has 3 saturated heterocycles. The Balaban J connectivity index is 1.16. The van der Waals surface area contributed by atoms with Crippen molar-refractivity contribution in [2.24, 2.45) is 11.8 Å². The number of ether oxygens (including phenoxy) is 3. The fraction of sp³-hybridized carbons (Fsp3) is 0.611. The molecule has 3 aliphatic heterocycles. The van der Waals surface area contributed by atoms with E-state index in [0.717, 1.165) is 44.6 Å². The van der Waals surface area contributed by atoms with Crippen molar-refractivity contribution < 1.29 is 36.9 Å². The Labute approximate surface area is 294 Å². The number of nitrogens with zero attached hydrogens (tertiary/aromatic N) is 4. The molecule has 6 rings (SSSR count). The van der Waals surface area contributed by atoms with Gasteiger partial charge in [0, 0.05) is 32.7 Å². The molecule has 13 nitrogen and oxygen atoms in total. The van der Waals surface area contributed by atoms with Crippen LogP contribution in [0.15, 0.2) is 57.8 Å². The molecule has 2 N–H and O–H groups in total. The van der Waals surface area contributed by atoms with Crippen LogP contribution in [0.3, 0.4) is 0 Å². The molecule has 50 heavy (non-hydrogen) atoms. The zero-order valence-corrected chi connectivity index (χ0v) is 30.1. The number of alkyl carbamates (subject to hydrolysis) is 1. The third-order valence-electron chi connectivity index (χ3n) is 9.75. The fourth-order valence-corrected chi connectivity index (χ4v) is 8.67. The Morgan fingerprint density at radius 2 is 1.90 bits per heavy atom. The van der Waals surface area contributed by atoms with Crippen molar-refractivity contribution in [3.63, 3.8) is 0 Å². The predicted octanol–water partition coefficient (Wildman–Crippen LogP) is 3.86. The molecule has 1 amide bonds. The topological polar surface area (TPSA) is 147 Å². The molecule has 0 spiro atoms. The highest BCUT2D eigenvalue weighted by atomic mass is 32.2. The summed E-state index contributed by atoms with van der Waals surface area (Å²) < 4.78 is 52.6. The van der Waals surface area contributed by atoms with Crippen LogP contribution in [0, 0.1) is 11.8 Å². The van der Waals surface area contributed by atoms with E-state index in [1.807, 2.05) is 56.1 Å². The fourth-order valence-electron chi connectivity index (χ4n) is 7.03. The van der Waals surface area contributed by atoms with Gasteiger partial charge in [0.2, 0.25) is 10.0 Å². The van der Waals surface area contributed by atoms with Crippen LogP contribution in [0.2, 0.25) is 0 Å². The lowest BCUT2D eigenvalue weighted by Gasteiger charge is -2.31. The highest BCUT2D eigenvalue weighted by Crippen LogP contribution is 2.33. The normalized spacial score (nSPS) is 22.3. The number of carbonyl (C=O) groups is 1. The Hall–Kier alpha value is -3.27. The van der Waals surface area contributed by atoms with Crippen molar-refractivity contribution in [3.8, 4) is 0 Å². The van der Waals surface area contributed by atoms with E-state index in [4.69, 9.17) is 18.6 Å². The molecule has 5 atom stereocenters. The minimum atomic E-state index is -4.09. The molecule has 3 aromatic rings. The number of hydrogen-bond acceptors (Lipinski definition) is 11. The van der Waals surface area contributed by atoms with Gasteiger partial charge in [0.1, 0.15) is 11.6 Å². The van der Waals surface area contributed by atoms with Gasteiger partial charge in [-0.05, 0) is 75.4 Å². The molecule has 0 aliphatic carbocycles. The molecule has 0 radical (unpaired) electrons. The molecule has 4 heterocycles. The lowest BCUT2D eigenvalue weighted by Crippen LogP contribution is -2.51. The van der Waals surface area contributed by atoms with Crippen LogP contribution in [-0.2, 0) is 30.7 Å². The smallest absolute Gasteiger partial charge is 0.407 e. The highest BCUT2D eigenvalue weighted by molar-refractivity contribution is 7.89. The minimum absolute atomic E-state index is 0.0390. The van der Waals surface area contributed by atoms with Crippen molar-refractivity contribution >= 4 is 33.2 Å². The second-order valence-corrected chi connectivity index (χ2v) is 16.1.